The maximum atomic E-state index is 11.6. The Hall–Kier alpha value is -1.75. The zero-order valence-corrected chi connectivity index (χ0v) is 12.3. The van der Waals surface area contributed by atoms with E-state index >= 15 is 0 Å². The lowest BCUT2D eigenvalue weighted by molar-refractivity contribution is -0.141. The molecule has 0 aliphatic carbocycles. The molecule has 0 spiro atoms. The molecular weight excluding hydrogens is 280 g/mol. The average molecular weight is 299 g/mol. The number of anilines is 1. The number of aryl methyl sites for hydroxylation is 1. The minimum Gasteiger partial charge on any atom is -0.481 e. The number of carbonyl (C=O) groups is 2. The molecule has 0 aliphatic rings. The number of hydrogen-bond acceptors (Lipinski definition) is 2. The van der Waals surface area contributed by atoms with Crippen LogP contribution in [-0.2, 0) is 4.79 Å². The number of carboxylic acid groups (broad SMARTS) is 1. The summed E-state index contributed by atoms with van der Waals surface area (Å²) >= 11 is 5.96. The largest absolute Gasteiger partial charge is 0.481 e. The Balaban J connectivity index is 2.30. The lowest BCUT2D eigenvalue weighted by Gasteiger charge is -2.09. The van der Waals surface area contributed by atoms with Gasteiger partial charge in [-0.3, -0.25) is 4.79 Å². The van der Waals surface area contributed by atoms with E-state index in [1.807, 2.05) is 13.0 Å². The predicted octanol–water partition coefficient (Wildman–Crippen LogP) is 3.27. The maximum absolute atomic E-state index is 11.6. The summed E-state index contributed by atoms with van der Waals surface area (Å²) in [7, 11) is 0. The van der Waals surface area contributed by atoms with Crippen molar-refractivity contribution in [3.8, 4) is 0 Å². The minimum atomic E-state index is -0.816. The second kappa shape index (κ2) is 7.75. The molecule has 5 nitrogen and oxygen atoms in total. The molecule has 0 saturated heterocycles. The van der Waals surface area contributed by atoms with Crippen molar-refractivity contribution in [1.29, 1.82) is 0 Å². The SMILES string of the molecule is Cc1ccc(NC(=O)NCCCC(C)C(=O)O)cc1Cl. The first-order valence-corrected chi connectivity index (χ1v) is 6.81. The molecule has 2 amide bonds. The van der Waals surface area contributed by atoms with Gasteiger partial charge in [0.05, 0.1) is 5.92 Å². The molecule has 6 heteroatoms. The topological polar surface area (TPSA) is 78.4 Å². The Morgan fingerprint density at radius 2 is 2.10 bits per heavy atom. The van der Waals surface area contributed by atoms with Crippen LogP contribution in [0.2, 0.25) is 5.02 Å². The summed E-state index contributed by atoms with van der Waals surface area (Å²) in [5.41, 5.74) is 1.57. The number of nitrogens with one attached hydrogen (secondary N) is 2. The van der Waals surface area contributed by atoms with E-state index in [0.717, 1.165) is 5.56 Å². The fourth-order valence-corrected chi connectivity index (χ4v) is 1.76. The van der Waals surface area contributed by atoms with Crippen LogP contribution in [-0.4, -0.2) is 23.7 Å². The van der Waals surface area contributed by atoms with E-state index in [-0.39, 0.29) is 6.03 Å². The van der Waals surface area contributed by atoms with E-state index in [4.69, 9.17) is 16.7 Å². The molecule has 0 bridgehead atoms. The highest BCUT2D eigenvalue weighted by Gasteiger charge is 2.10. The Morgan fingerprint density at radius 1 is 1.40 bits per heavy atom. The monoisotopic (exact) mass is 298 g/mol. The van der Waals surface area contributed by atoms with Gasteiger partial charge in [0.25, 0.3) is 0 Å². The summed E-state index contributed by atoms with van der Waals surface area (Å²) in [6.45, 7) is 3.97. The van der Waals surface area contributed by atoms with Crippen LogP contribution < -0.4 is 10.6 Å². The molecule has 0 saturated carbocycles. The van der Waals surface area contributed by atoms with E-state index in [2.05, 4.69) is 10.6 Å². The number of amides is 2. The normalized spacial score (nSPS) is 11.8. The van der Waals surface area contributed by atoms with Gasteiger partial charge in [-0.05, 0) is 37.5 Å². The van der Waals surface area contributed by atoms with Crippen molar-refractivity contribution < 1.29 is 14.7 Å². The van der Waals surface area contributed by atoms with Crippen molar-refractivity contribution in [2.24, 2.45) is 5.92 Å². The Bertz CT molecular complexity index is 491. The molecular formula is C14H19ClN2O3. The van der Waals surface area contributed by atoms with Gasteiger partial charge in [-0.25, -0.2) is 4.79 Å². The van der Waals surface area contributed by atoms with Crippen molar-refractivity contribution in [1.82, 2.24) is 5.32 Å². The van der Waals surface area contributed by atoms with Gasteiger partial charge in [-0.1, -0.05) is 24.6 Å². The number of benzene rings is 1. The van der Waals surface area contributed by atoms with Crippen molar-refractivity contribution in [3.63, 3.8) is 0 Å². The molecule has 0 radical (unpaired) electrons. The second-order valence-electron chi connectivity index (χ2n) is 4.73. The van der Waals surface area contributed by atoms with Crippen LogP contribution in [0.15, 0.2) is 18.2 Å². The predicted molar refractivity (Wildman–Crippen MR) is 79.2 cm³/mol. The minimum absolute atomic E-state index is 0.326. The van der Waals surface area contributed by atoms with Crippen LogP contribution in [0.5, 0.6) is 0 Å². The Morgan fingerprint density at radius 3 is 2.70 bits per heavy atom. The number of rotatable bonds is 6. The van der Waals surface area contributed by atoms with Crippen LogP contribution in [0, 0.1) is 12.8 Å². The highest BCUT2D eigenvalue weighted by molar-refractivity contribution is 6.31. The fraction of sp³-hybridized carbons (Fsp3) is 0.429. The van der Waals surface area contributed by atoms with E-state index in [1.165, 1.54) is 0 Å². The summed E-state index contributed by atoms with van der Waals surface area (Å²) in [4.78, 5) is 22.2. The maximum Gasteiger partial charge on any atom is 0.319 e. The van der Waals surface area contributed by atoms with Crippen LogP contribution in [0.25, 0.3) is 0 Å². The van der Waals surface area contributed by atoms with Crippen molar-refractivity contribution in [3.05, 3.63) is 28.8 Å². The van der Waals surface area contributed by atoms with E-state index in [9.17, 15) is 9.59 Å². The molecule has 0 aromatic heterocycles. The van der Waals surface area contributed by atoms with Crippen molar-refractivity contribution >= 4 is 29.3 Å². The number of halogens is 1. The molecule has 0 heterocycles. The Kier molecular flexibility index (Phi) is 6.31. The number of carbonyl (C=O) groups excluding carboxylic acids is 1. The van der Waals surface area contributed by atoms with Crippen molar-refractivity contribution in [2.45, 2.75) is 26.7 Å². The molecule has 1 rings (SSSR count). The summed E-state index contributed by atoms with van der Waals surface area (Å²) < 4.78 is 0. The number of urea groups is 1. The van der Waals surface area contributed by atoms with Crippen LogP contribution in [0.1, 0.15) is 25.3 Å². The molecule has 0 fully saturated rings. The average Bonchev–Trinajstić information content (AvgIpc) is 2.38. The lowest BCUT2D eigenvalue weighted by atomic mass is 10.1. The highest BCUT2D eigenvalue weighted by atomic mass is 35.5. The molecule has 3 N–H and O–H groups in total. The van der Waals surface area contributed by atoms with Gasteiger partial charge in [0.15, 0.2) is 0 Å². The zero-order chi connectivity index (χ0) is 15.1. The van der Waals surface area contributed by atoms with E-state index < -0.39 is 11.9 Å². The molecule has 1 unspecified atom stereocenters. The molecule has 1 atom stereocenters. The van der Waals surface area contributed by atoms with E-state index in [1.54, 1.807) is 19.1 Å². The first-order chi connectivity index (χ1) is 9.40. The van der Waals surface area contributed by atoms with Gasteiger partial charge < -0.3 is 15.7 Å². The third kappa shape index (κ3) is 5.48. The number of aliphatic carboxylic acids is 1. The van der Waals surface area contributed by atoms with Gasteiger partial charge in [0, 0.05) is 17.3 Å². The van der Waals surface area contributed by atoms with Crippen LogP contribution >= 0.6 is 11.6 Å². The smallest absolute Gasteiger partial charge is 0.319 e. The molecule has 20 heavy (non-hydrogen) atoms. The zero-order valence-electron chi connectivity index (χ0n) is 11.6. The fourth-order valence-electron chi connectivity index (χ4n) is 1.58. The van der Waals surface area contributed by atoms with Gasteiger partial charge in [-0.15, -0.1) is 0 Å². The lowest BCUT2D eigenvalue weighted by Crippen LogP contribution is -2.29. The summed E-state index contributed by atoms with van der Waals surface area (Å²) in [6, 6.07) is 4.95. The summed E-state index contributed by atoms with van der Waals surface area (Å²) in [5.74, 6) is -1.21. The first-order valence-electron chi connectivity index (χ1n) is 6.44. The number of carboxylic acids is 1. The van der Waals surface area contributed by atoms with E-state index in [0.29, 0.717) is 30.1 Å². The molecule has 1 aromatic rings. The third-order valence-electron chi connectivity index (χ3n) is 2.95. The molecule has 110 valence electrons. The van der Waals surface area contributed by atoms with Gasteiger partial charge in [0.2, 0.25) is 0 Å². The first kappa shape index (κ1) is 16.3. The third-order valence-corrected chi connectivity index (χ3v) is 3.36. The highest BCUT2D eigenvalue weighted by Crippen LogP contribution is 2.19. The Labute approximate surface area is 123 Å². The van der Waals surface area contributed by atoms with Crippen molar-refractivity contribution in [2.75, 3.05) is 11.9 Å². The molecule has 1 aromatic carbocycles. The molecule has 0 aliphatic heterocycles. The van der Waals surface area contributed by atoms with Crippen LogP contribution in [0.3, 0.4) is 0 Å². The summed E-state index contributed by atoms with van der Waals surface area (Å²) in [6.07, 6.45) is 1.15. The quantitative estimate of drug-likeness (QED) is 0.705. The van der Waals surface area contributed by atoms with Gasteiger partial charge >= 0.3 is 12.0 Å². The van der Waals surface area contributed by atoms with Gasteiger partial charge in [0.1, 0.15) is 0 Å². The standard InChI is InChI=1S/C14H19ClN2O3/c1-9-5-6-11(8-12(9)15)17-14(20)16-7-3-4-10(2)13(18)19/h5-6,8,10H,3-4,7H2,1-2H3,(H,18,19)(H2,16,17,20). The second-order valence-corrected chi connectivity index (χ2v) is 5.13. The number of hydrogen-bond donors (Lipinski definition) is 3. The van der Waals surface area contributed by atoms with Gasteiger partial charge in [-0.2, -0.15) is 0 Å². The summed E-state index contributed by atoms with van der Waals surface area (Å²) in [5, 5.41) is 14.7. The van der Waals surface area contributed by atoms with Crippen LogP contribution in [0.4, 0.5) is 10.5 Å².